The second-order valence-corrected chi connectivity index (χ2v) is 10.5. The number of methoxy groups -OCH3 is 1. The number of nitrogens with zero attached hydrogens (tertiary/aromatic N) is 1. The number of nitrogens with two attached hydrogens (primary N) is 1. The molecular formula is C22H26BrN4O6S+. The molecule has 1 heterocycles. The van der Waals surface area contributed by atoms with Crippen molar-refractivity contribution in [3.63, 3.8) is 0 Å². The van der Waals surface area contributed by atoms with Crippen LogP contribution >= 0.6 is 15.9 Å². The Kier molecular flexibility index (Phi) is 7.06. The molecule has 1 atom stereocenters. The quantitative estimate of drug-likeness (QED) is 0.321. The minimum absolute atomic E-state index is 0.0651. The predicted octanol–water partition coefficient (Wildman–Crippen LogP) is 2.86. The molecule has 182 valence electrons. The number of rotatable bonds is 9. The van der Waals surface area contributed by atoms with Gasteiger partial charge in [0, 0.05) is 16.2 Å². The van der Waals surface area contributed by atoms with E-state index in [0.29, 0.717) is 5.69 Å². The number of hydrogen-bond donors (Lipinski definition) is 3. The monoisotopic (exact) mass is 553 g/mol. The molecule has 34 heavy (non-hydrogen) atoms. The van der Waals surface area contributed by atoms with Crippen LogP contribution in [0.15, 0.2) is 51.8 Å². The average Bonchev–Trinajstić information content (AvgIpc) is 3.01. The molecule has 1 aliphatic heterocycles. The lowest BCUT2D eigenvalue weighted by Crippen LogP contribution is -2.60. The summed E-state index contributed by atoms with van der Waals surface area (Å²) in [6.07, 6.45) is 0.552. The summed E-state index contributed by atoms with van der Waals surface area (Å²) in [5.41, 5.74) is 4.45. The fourth-order valence-corrected chi connectivity index (χ4v) is 5.43. The van der Waals surface area contributed by atoms with Gasteiger partial charge in [0.25, 0.3) is 15.9 Å². The third kappa shape index (κ3) is 4.28. The molecule has 2 aromatic carbocycles. The molecule has 0 spiro atoms. The van der Waals surface area contributed by atoms with Crippen LogP contribution in [0.2, 0.25) is 0 Å². The van der Waals surface area contributed by atoms with Crippen LogP contribution in [0.25, 0.3) is 0 Å². The zero-order chi connectivity index (χ0) is 25.3. The molecule has 1 fully saturated rings. The van der Waals surface area contributed by atoms with Gasteiger partial charge >= 0.3 is 11.9 Å². The molecule has 3 rings (SSSR count). The summed E-state index contributed by atoms with van der Waals surface area (Å²) in [5.74, 6) is -1.44. The summed E-state index contributed by atoms with van der Waals surface area (Å²) in [5, 5.41) is 2.72. The number of carbonyl (C=O) groups excluding carboxylic acids is 3. The Bertz CT molecular complexity index is 1240. The number of imide groups is 1. The van der Waals surface area contributed by atoms with Gasteiger partial charge in [-0.1, -0.05) is 29.8 Å². The molecule has 0 aromatic heterocycles. The Morgan fingerprint density at radius 1 is 1.15 bits per heavy atom. The van der Waals surface area contributed by atoms with Crippen LogP contribution < -0.4 is 25.0 Å². The van der Waals surface area contributed by atoms with Gasteiger partial charge in [-0.05, 0) is 49.2 Å². The third-order valence-corrected chi connectivity index (χ3v) is 7.93. The molecule has 4 amide bonds. The van der Waals surface area contributed by atoms with Crippen LogP contribution in [0.4, 0.5) is 16.2 Å². The van der Waals surface area contributed by atoms with E-state index in [9.17, 15) is 22.8 Å². The molecule has 1 aliphatic rings. The van der Waals surface area contributed by atoms with Gasteiger partial charge in [0.15, 0.2) is 23.5 Å². The van der Waals surface area contributed by atoms with Crippen LogP contribution in [0.3, 0.4) is 0 Å². The van der Waals surface area contributed by atoms with Crippen molar-refractivity contribution in [2.75, 3.05) is 18.4 Å². The highest BCUT2D eigenvalue weighted by atomic mass is 79.9. The first-order valence-corrected chi connectivity index (χ1v) is 12.7. The highest BCUT2D eigenvalue weighted by Crippen LogP contribution is 2.42. The number of halogens is 1. The van der Waals surface area contributed by atoms with Crippen LogP contribution in [0, 0.1) is 0 Å². The predicted molar refractivity (Wildman–Crippen MR) is 131 cm³/mol. The van der Waals surface area contributed by atoms with Gasteiger partial charge in [-0.2, -0.15) is 0 Å². The fourth-order valence-electron chi connectivity index (χ4n) is 4.09. The van der Waals surface area contributed by atoms with E-state index < -0.39 is 44.4 Å². The number of hydrogen-bond acceptors (Lipinski definition) is 6. The van der Waals surface area contributed by atoms with Crippen LogP contribution in [0.1, 0.15) is 26.7 Å². The highest BCUT2D eigenvalue weighted by molar-refractivity contribution is 9.10. The number of benzene rings is 2. The average molecular weight is 554 g/mol. The van der Waals surface area contributed by atoms with Gasteiger partial charge in [-0.25, -0.2) is 18.0 Å². The number of nitrogens with one attached hydrogen (secondary N) is 2. The SMILES string of the molecule is CCC1(CC)NC(=O)[N+](CC(N)=O)(c2cc(S(=O)(=O)Nc3ccc(Br)cc3)ccc2OC)C1=O. The lowest BCUT2D eigenvalue weighted by Gasteiger charge is -2.29. The van der Waals surface area contributed by atoms with Gasteiger partial charge in [0.1, 0.15) is 0 Å². The van der Waals surface area contributed by atoms with E-state index in [1.165, 1.54) is 25.3 Å². The molecule has 0 bridgehead atoms. The lowest BCUT2D eigenvalue weighted by molar-refractivity contribution is -0.134. The Morgan fingerprint density at radius 3 is 2.26 bits per heavy atom. The maximum atomic E-state index is 13.8. The van der Waals surface area contributed by atoms with E-state index in [1.807, 2.05) is 0 Å². The topological polar surface area (TPSA) is 145 Å². The van der Waals surface area contributed by atoms with Crippen molar-refractivity contribution in [3.8, 4) is 5.75 Å². The number of sulfonamides is 1. The second kappa shape index (κ2) is 9.35. The standard InChI is InChI=1S/C22H25BrN4O6S/c1-4-22(5-2)20(29)27(13-19(24)28,21(30)25-22)17-12-16(10-11-18(17)33-3)34(31,32)26-15-8-6-14(23)7-9-15/h6-12,26H,4-5,13H2,1-3H3,(H2-,24,25,28,30)/p+1. The van der Waals surface area contributed by atoms with E-state index in [0.717, 1.165) is 4.47 Å². The first kappa shape index (κ1) is 25.7. The number of carbonyl (C=O) groups is 3. The summed E-state index contributed by atoms with van der Waals surface area (Å²) in [7, 11) is -2.80. The molecule has 12 heteroatoms. The van der Waals surface area contributed by atoms with Crippen LogP contribution in [-0.2, 0) is 19.6 Å². The zero-order valence-electron chi connectivity index (χ0n) is 18.9. The molecule has 0 radical (unpaired) electrons. The van der Waals surface area contributed by atoms with Crippen molar-refractivity contribution in [1.82, 2.24) is 9.80 Å². The van der Waals surface area contributed by atoms with Crippen LogP contribution in [0.5, 0.6) is 5.75 Å². The number of primary amides is 1. The molecule has 1 unspecified atom stereocenters. The van der Waals surface area contributed by atoms with E-state index in [-0.39, 0.29) is 29.2 Å². The Hall–Kier alpha value is -2.96. The summed E-state index contributed by atoms with van der Waals surface area (Å²) in [6.45, 7) is 2.80. The summed E-state index contributed by atoms with van der Waals surface area (Å²) < 4.78 is 33.8. The molecular weight excluding hydrogens is 528 g/mol. The maximum absolute atomic E-state index is 13.8. The number of urea groups is 1. The van der Waals surface area contributed by atoms with Crippen molar-refractivity contribution in [1.29, 1.82) is 0 Å². The molecule has 4 N–H and O–H groups in total. The number of anilines is 1. The minimum Gasteiger partial charge on any atom is -0.491 e. The number of quaternary nitrogens is 1. The van der Waals surface area contributed by atoms with Gasteiger partial charge in [0.2, 0.25) is 0 Å². The van der Waals surface area contributed by atoms with E-state index in [1.54, 1.807) is 38.1 Å². The van der Waals surface area contributed by atoms with Crippen molar-refractivity contribution in [2.24, 2.45) is 5.73 Å². The Balaban J connectivity index is 2.21. The van der Waals surface area contributed by atoms with Gasteiger partial charge < -0.3 is 10.5 Å². The Morgan fingerprint density at radius 2 is 1.76 bits per heavy atom. The molecule has 0 saturated carbocycles. The molecule has 2 aromatic rings. The number of amides is 4. The summed E-state index contributed by atoms with van der Waals surface area (Å²) in [6, 6.07) is 9.51. The normalized spacial score (nSPS) is 19.5. The summed E-state index contributed by atoms with van der Waals surface area (Å²) in [4.78, 5) is 38.9. The summed E-state index contributed by atoms with van der Waals surface area (Å²) >= 11 is 3.29. The smallest absolute Gasteiger partial charge is 0.430 e. The molecule has 10 nitrogen and oxygen atoms in total. The molecule has 0 aliphatic carbocycles. The van der Waals surface area contributed by atoms with Crippen LogP contribution in [-0.4, -0.2) is 45.5 Å². The fraction of sp³-hybridized carbons (Fsp3) is 0.318. The van der Waals surface area contributed by atoms with Gasteiger partial charge in [0.05, 0.1) is 12.0 Å². The van der Waals surface area contributed by atoms with E-state index >= 15 is 0 Å². The first-order valence-electron chi connectivity index (χ1n) is 10.5. The maximum Gasteiger partial charge on any atom is 0.430 e. The van der Waals surface area contributed by atoms with E-state index in [4.69, 9.17) is 10.5 Å². The van der Waals surface area contributed by atoms with E-state index in [2.05, 4.69) is 26.0 Å². The molecule has 1 saturated heterocycles. The zero-order valence-corrected chi connectivity index (χ0v) is 21.3. The van der Waals surface area contributed by atoms with Gasteiger partial charge in [-0.3, -0.25) is 14.8 Å². The van der Waals surface area contributed by atoms with Crippen molar-refractivity contribution in [2.45, 2.75) is 37.1 Å². The number of ether oxygens (including phenoxy) is 1. The largest absolute Gasteiger partial charge is 0.491 e. The van der Waals surface area contributed by atoms with Crippen molar-refractivity contribution >= 4 is 55.2 Å². The highest BCUT2D eigenvalue weighted by Gasteiger charge is 2.65. The van der Waals surface area contributed by atoms with Gasteiger partial charge in [-0.15, -0.1) is 4.48 Å². The minimum atomic E-state index is -4.12. The van der Waals surface area contributed by atoms with Crippen molar-refractivity contribution in [3.05, 3.63) is 46.9 Å². The second-order valence-electron chi connectivity index (χ2n) is 7.90. The van der Waals surface area contributed by atoms with Crippen molar-refractivity contribution < 1.29 is 27.5 Å². The Labute approximate surface area is 206 Å². The third-order valence-electron chi connectivity index (χ3n) is 6.02. The lowest BCUT2D eigenvalue weighted by atomic mass is 9.92. The first-order chi connectivity index (χ1) is 16.0.